The van der Waals surface area contributed by atoms with Crippen LogP contribution in [0, 0.1) is 6.92 Å². The molecule has 7 heteroatoms. The number of hydrogen-bond donors (Lipinski definition) is 1. The smallest absolute Gasteiger partial charge is 0.254 e. The van der Waals surface area contributed by atoms with Crippen molar-refractivity contribution in [1.29, 1.82) is 0 Å². The number of aryl methyl sites for hydroxylation is 1. The number of halogens is 2. The summed E-state index contributed by atoms with van der Waals surface area (Å²) in [7, 11) is 0. The van der Waals surface area contributed by atoms with Gasteiger partial charge >= 0.3 is 0 Å². The largest absolute Gasteiger partial charge is 0.491 e. The fourth-order valence-corrected chi connectivity index (χ4v) is 4.07. The fourth-order valence-electron chi connectivity index (χ4n) is 3.54. The molecule has 5 nitrogen and oxygen atoms in total. The van der Waals surface area contributed by atoms with Crippen molar-refractivity contribution in [3.8, 4) is 5.75 Å². The van der Waals surface area contributed by atoms with Gasteiger partial charge in [0.15, 0.2) is 0 Å². The van der Waals surface area contributed by atoms with Crippen LogP contribution in [0.25, 0.3) is 0 Å². The molecule has 0 saturated carbocycles. The highest BCUT2D eigenvalue weighted by Crippen LogP contribution is 2.44. The summed E-state index contributed by atoms with van der Waals surface area (Å²) < 4.78 is 6.03. The van der Waals surface area contributed by atoms with Crippen LogP contribution in [-0.2, 0) is 9.59 Å². The van der Waals surface area contributed by atoms with Crippen LogP contribution < -0.4 is 15.0 Å². The quantitative estimate of drug-likeness (QED) is 0.693. The van der Waals surface area contributed by atoms with E-state index in [2.05, 4.69) is 31.3 Å². The molecule has 0 bridgehead atoms. The number of hydrogen-bond acceptors (Lipinski definition) is 3. The lowest BCUT2D eigenvalue weighted by Gasteiger charge is -2.21. The average molecular weight is 435 g/mol. The van der Waals surface area contributed by atoms with E-state index in [1.165, 1.54) is 11.8 Å². The van der Waals surface area contributed by atoms with Gasteiger partial charge in [-0.2, -0.15) is 0 Å². The number of fused-ring (bicyclic) bond motifs is 1. The van der Waals surface area contributed by atoms with E-state index in [4.69, 9.17) is 27.9 Å². The van der Waals surface area contributed by atoms with Crippen molar-refractivity contribution >= 4 is 40.7 Å². The molecule has 29 heavy (non-hydrogen) atoms. The Morgan fingerprint density at radius 2 is 1.90 bits per heavy atom. The summed E-state index contributed by atoms with van der Waals surface area (Å²) in [6, 6.07) is 8.55. The summed E-state index contributed by atoms with van der Waals surface area (Å²) in [6.07, 6.45) is 0. The van der Waals surface area contributed by atoms with E-state index in [1.807, 2.05) is 13.0 Å². The number of carbonyl (C=O) groups is 2. The Kier molecular flexibility index (Phi) is 6.39. The molecule has 0 saturated heterocycles. The maximum atomic E-state index is 13.0. The molecule has 2 aromatic carbocycles. The second-order valence-corrected chi connectivity index (χ2v) is 8.27. The molecule has 1 aliphatic heterocycles. The first kappa shape index (κ1) is 21.5. The molecule has 0 fully saturated rings. The zero-order chi connectivity index (χ0) is 21.3. The molecule has 1 N–H and O–H groups in total. The predicted octanol–water partition coefficient (Wildman–Crippen LogP) is 5.03. The Morgan fingerprint density at radius 3 is 2.55 bits per heavy atom. The highest BCUT2D eigenvalue weighted by atomic mass is 35.5. The molecule has 2 amide bonds. The second-order valence-electron chi connectivity index (χ2n) is 7.46. The summed E-state index contributed by atoms with van der Waals surface area (Å²) >= 11 is 12.7. The highest BCUT2D eigenvalue weighted by molar-refractivity contribution is 6.38. The number of anilines is 1. The van der Waals surface area contributed by atoms with Crippen LogP contribution in [0.4, 0.5) is 5.69 Å². The van der Waals surface area contributed by atoms with Gasteiger partial charge in [0.1, 0.15) is 18.4 Å². The van der Waals surface area contributed by atoms with Crippen molar-refractivity contribution in [2.45, 2.75) is 39.7 Å². The van der Waals surface area contributed by atoms with Gasteiger partial charge in [-0.05, 0) is 42.2 Å². The lowest BCUT2D eigenvalue weighted by Crippen LogP contribution is -2.38. The van der Waals surface area contributed by atoms with Crippen molar-refractivity contribution in [2.75, 3.05) is 18.1 Å². The normalized spacial score (nSPS) is 15.6. The van der Waals surface area contributed by atoms with E-state index >= 15 is 0 Å². The number of nitrogens with zero attached hydrogens (tertiary/aromatic N) is 1. The molecular weight excluding hydrogens is 411 g/mol. The lowest BCUT2D eigenvalue weighted by atomic mass is 10.0. The van der Waals surface area contributed by atoms with Crippen LogP contribution in [0.15, 0.2) is 30.3 Å². The second kappa shape index (κ2) is 8.64. The van der Waals surface area contributed by atoms with Crippen molar-refractivity contribution in [1.82, 2.24) is 5.32 Å². The van der Waals surface area contributed by atoms with Gasteiger partial charge in [0, 0.05) is 17.5 Å². The van der Waals surface area contributed by atoms with Gasteiger partial charge in [-0.25, -0.2) is 0 Å². The minimum absolute atomic E-state index is 0.276. The number of nitrogens with one attached hydrogen (secondary N) is 1. The fraction of sp³-hybridized carbons (Fsp3) is 0.364. The molecule has 1 aliphatic rings. The van der Waals surface area contributed by atoms with E-state index in [9.17, 15) is 9.59 Å². The van der Waals surface area contributed by atoms with Crippen LogP contribution in [0.2, 0.25) is 10.0 Å². The zero-order valence-electron chi connectivity index (χ0n) is 16.9. The van der Waals surface area contributed by atoms with Crippen LogP contribution in [0.1, 0.15) is 49.4 Å². The lowest BCUT2D eigenvalue weighted by molar-refractivity contribution is -0.126. The Labute approximate surface area is 180 Å². The van der Waals surface area contributed by atoms with Crippen LogP contribution in [-0.4, -0.2) is 25.0 Å². The van der Waals surface area contributed by atoms with Gasteiger partial charge in [0.05, 0.1) is 17.3 Å². The minimum Gasteiger partial charge on any atom is -0.491 e. The van der Waals surface area contributed by atoms with Gasteiger partial charge < -0.3 is 15.0 Å². The van der Waals surface area contributed by atoms with E-state index in [1.54, 1.807) is 12.1 Å². The molecular formula is C22H24Cl2N2O3. The van der Waals surface area contributed by atoms with E-state index in [0.717, 1.165) is 16.9 Å². The van der Waals surface area contributed by atoms with Crippen LogP contribution in [0.3, 0.4) is 0 Å². The molecule has 3 rings (SSSR count). The first-order valence-corrected chi connectivity index (χ1v) is 10.3. The molecule has 2 aromatic rings. The van der Waals surface area contributed by atoms with Crippen molar-refractivity contribution in [2.24, 2.45) is 0 Å². The monoisotopic (exact) mass is 434 g/mol. The maximum Gasteiger partial charge on any atom is 0.254 e. The average Bonchev–Trinajstić information content (AvgIpc) is 2.91. The SMILES string of the molecule is CC(=O)NC1C(=O)N(CCOc2cc(C)ccc2C(C)C)c2c(Cl)ccc(Cl)c21. The third kappa shape index (κ3) is 4.36. The molecule has 0 radical (unpaired) electrons. The number of carbonyl (C=O) groups excluding carboxylic acids is 2. The summed E-state index contributed by atoms with van der Waals surface area (Å²) in [4.78, 5) is 26.2. The highest BCUT2D eigenvalue weighted by Gasteiger charge is 2.40. The van der Waals surface area contributed by atoms with Gasteiger partial charge in [-0.15, -0.1) is 0 Å². The summed E-state index contributed by atoms with van der Waals surface area (Å²) in [5.41, 5.74) is 3.27. The molecule has 1 unspecified atom stereocenters. The third-order valence-corrected chi connectivity index (χ3v) is 5.53. The van der Waals surface area contributed by atoms with E-state index in [0.29, 0.717) is 27.2 Å². The summed E-state index contributed by atoms with van der Waals surface area (Å²) in [6.45, 7) is 8.16. The van der Waals surface area contributed by atoms with Gasteiger partial charge in [0.2, 0.25) is 5.91 Å². The predicted molar refractivity (Wildman–Crippen MR) is 116 cm³/mol. The van der Waals surface area contributed by atoms with Crippen molar-refractivity contribution < 1.29 is 14.3 Å². The van der Waals surface area contributed by atoms with Crippen molar-refractivity contribution in [3.63, 3.8) is 0 Å². The Bertz CT molecular complexity index is 959. The molecule has 154 valence electrons. The number of ether oxygens (including phenoxy) is 1. The third-order valence-electron chi connectivity index (χ3n) is 4.90. The first-order chi connectivity index (χ1) is 13.7. The molecule has 1 heterocycles. The van der Waals surface area contributed by atoms with E-state index in [-0.39, 0.29) is 25.0 Å². The molecule has 1 atom stereocenters. The molecule has 0 aliphatic carbocycles. The Morgan fingerprint density at radius 1 is 1.21 bits per heavy atom. The maximum absolute atomic E-state index is 13.0. The summed E-state index contributed by atoms with van der Waals surface area (Å²) in [5, 5.41) is 3.47. The molecule has 0 spiro atoms. The van der Waals surface area contributed by atoms with Gasteiger partial charge in [-0.3, -0.25) is 9.59 Å². The van der Waals surface area contributed by atoms with E-state index < -0.39 is 6.04 Å². The van der Waals surface area contributed by atoms with Gasteiger partial charge in [0.25, 0.3) is 5.91 Å². The topological polar surface area (TPSA) is 58.6 Å². The minimum atomic E-state index is -0.848. The number of rotatable bonds is 6. The van der Waals surface area contributed by atoms with Crippen LogP contribution >= 0.6 is 23.2 Å². The number of benzene rings is 2. The van der Waals surface area contributed by atoms with Crippen LogP contribution in [0.5, 0.6) is 5.75 Å². The Balaban J connectivity index is 1.84. The zero-order valence-corrected chi connectivity index (χ0v) is 18.4. The Hall–Kier alpha value is -2.24. The van der Waals surface area contributed by atoms with Gasteiger partial charge in [-0.1, -0.05) is 49.2 Å². The molecule has 0 aromatic heterocycles. The summed E-state index contributed by atoms with van der Waals surface area (Å²) in [5.74, 6) is 0.534. The van der Waals surface area contributed by atoms with Crippen molar-refractivity contribution in [3.05, 3.63) is 57.1 Å². The standard InChI is InChI=1S/C22H24Cl2N2O3/c1-12(2)15-6-5-13(3)11-18(15)29-10-9-26-21-17(24)8-7-16(23)19(21)20(22(26)28)25-14(4)27/h5-8,11-12,20H,9-10H2,1-4H3,(H,25,27). The first-order valence-electron chi connectivity index (χ1n) is 9.50. The number of amides is 2.